The van der Waals surface area contributed by atoms with Crippen molar-refractivity contribution in [3.63, 3.8) is 0 Å². The molecule has 0 radical (unpaired) electrons. The van der Waals surface area contributed by atoms with E-state index in [1.54, 1.807) is 49.1 Å². The summed E-state index contributed by atoms with van der Waals surface area (Å²) in [7, 11) is 0. The number of carbonyl (C=O) groups is 1. The molecule has 2 aromatic carbocycles. The number of fused-ring (bicyclic) bond motifs is 1. The lowest BCUT2D eigenvalue weighted by atomic mass is 9.87. The first-order valence-electron chi connectivity index (χ1n) is 8.62. The van der Waals surface area contributed by atoms with Gasteiger partial charge in [-0.05, 0) is 42.3 Å². The Morgan fingerprint density at radius 1 is 1.33 bits per heavy atom. The number of ether oxygens (including phenoxy) is 1. The molecule has 0 spiro atoms. The SMILES string of the molecule is CCOC1=C(C(=O)O)C(C)c2ccc(C#N)cc2N1Cc1cccc(F)c1. The lowest BCUT2D eigenvalue weighted by molar-refractivity contribution is -0.133. The van der Waals surface area contributed by atoms with Crippen molar-refractivity contribution in [2.45, 2.75) is 26.3 Å². The molecule has 1 unspecified atom stereocenters. The van der Waals surface area contributed by atoms with Gasteiger partial charge in [0, 0.05) is 11.6 Å². The number of carboxylic acids is 1. The molecule has 1 atom stereocenters. The molecule has 2 aromatic rings. The Balaban J connectivity index is 2.20. The standard InChI is InChI=1S/C21H19FN2O3/c1-3-27-20-19(21(25)26)13(2)17-8-7-14(11-23)10-18(17)24(20)12-15-5-4-6-16(22)9-15/h4-10,13H,3,12H2,1-2H3,(H,25,26). The van der Waals surface area contributed by atoms with Gasteiger partial charge in [-0.1, -0.05) is 25.1 Å². The lowest BCUT2D eigenvalue weighted by Gasteiger charge is -2.36. The summed E-state index contributed by atoms with van der Waals surface area (Å²) >= 11 is 0. The Hall–Kier alpha value is -3.33. The van der Waals surface area contributed by atoms with Crippen LogP contribution in [0.4, 0.5) is 10.1 Å². The van der Waals surface area contributed by atoms with Gasteiger partial charge in [-0.15, -0.1) is 0 Å². The third-order valence-corrected chi connectivity index (χ3v) is 4.57. The summed E-state index contributed by atoms with van der Waals surface area (Å²) in [6.07, 6.45) is 0. The number of anilines is 1. The third-order valence-electron chi connectivity index (χ3n) is 4.57. The Kier molecular flexibility index (Phi) is 5.13. The molecular weight excluding hydrogens is 347 g/mol. The normalized spacial score (nSPS) is 15.9. The van der Waals surface area contributed by atoms with E-state index in [4.69, 9.17) is 4.74 Å². The van der Waals surface area contributed by atoms with Crippen LogP contribution in [0, 0.1) is 17.1 Å². The fourth-order valence-electron chi connectivity index (χ4n) is 3.35. The topological polar surface area (TPSA) is 73.6 Å². The molecule has 3 rings (SSSR count). The van der Waals surface area contributed by atoms with Crippen molar-refractivity contribution in [1.82, 2.24) is 0 Å². The minimum absolute atomic E-state index is 0.144. The monoisotopic (exact) mass is 366 g/mol. The first-order chi connectivity index (χ1) is 13.0. The molecule has 0 bridgehead atoms. The Labute approximate surface area is 156 Å². The first-order valence-corrected chi connectivity index (χ1v) is 8.62. The molecule has 0 saturated heterocycles. The van der Waals surface area contributed by atoms with Crippen LogP contribution in [-0.4, -0.2) is 17.7 Å². The van der Waals surface area contributed by atoms with Gasteiger partial charge in [0.25, 0.3) is 0 Å². The van der Waals surface area contributed by atoms with Crippen molar-refractivity contribution in [2.75, 3.05) is 11.5 Å². The van der Waals surface area contributed by atoms with Gasteiger partial charge in [-0.3, -0.25) is 0 Å². The molecule has 0 fully saturated rings. The molecule has 1 heterocycles. The zero-order chi connectivity index (χ0) is 19.6. The molecular formula is C21H19FN2O3. The molecule has 1 aliphatic heterocycles. The van der Waals surface area contributed by atoms with Gasteiger partial charge in [0.2, 0.25) is 5.88 Å². The van der Waals surface area contributed by atoms with Gasteiger partial charge >= 0.3 is 5.97 Å². The van der Waals surface area contributed by atoms with Gasteiger partial charge in [-0.2, -0.15) is 5.26 Å². The highest BCUT2D eigenvalue weighted by Crippen LogP contribution is 2.42. The van der Waals surface area contributed by atoms with Crippen LogP contribution in [0.3, 0.4) is 0 Å². The molecule has 1 N–H and O–H groups in total. The molecule has 27 heavy (non-hydrogen) atoms. The van der Waals surface area contributed by atoms with Crippen molar-refractivity contribution in [1.29, 1.82) is 5.26 Å². The number of halogens is 1. The van der Waals surface area contributed by atoms with Gasteiger partial charge in [0.15, 0.2) is 0 Å². The molecule has 0 amide bonds. The maximum Gasteiger partial charge on any atom is 0.337 e. The largest absolute Gasteiger partial charge is 0.479 e. The summed E-state index contributed by atoms with van der Waals surface area (Å²) in [6, 6.07) is 13.4. The first kappa shape index (κ1) is 18.5. The van der Waals surface area contributed by atoms with E-state index in [9.17, 15) is 19.6 Å². The highest BCUT2D eigenvalue weighted by atomic mass is 19.1. The maximum atomic E-state index is 13.6. The molecule has 5 nitrogen and oxygen atoms in total. The van der Waals surface area contributed by atoms with Gasteiger partial charge in [0.05, 0.1) is 24.8 Å². The molecule has 0 aliphatic carbocycles. The second kappa shape index (κ2) is 7.50. The van der Waals surface area contributed by atoms with E-state index in [0.29, 0.717) is 16.8 Å². The fraction of sp³-hybridized carbons (Fsp3) is 0.238. The van der Waals surface area contributed by atoms with Crippen LogP contribution in [0.25, 0.3) is 0 Å². The van der Waals surface area contributed by atoms with E-state index in [1.807, 2.05) is 0 Å². The average molecular weight is 366 g/mol. The Bertz CT molecular complexity index is 962. The van der Waals surface area contributed by atoms with Crippen LogP contribution in [0.1, 0.15) is 36.5 Å². The lowest BCUT2D eigenvalue weighted by Crippen LogP contribution is -2.33. The molecule has 138 valence electrons. The number of hydrogen-bond acceptors (Lipinski definition) is 4. The van der Waals surface area contributed by atoms with Gasteiger partial charge < -0.3 is 14.7 Å². The van der Waals surface area contributed by atoms with Crippen LogP contribution in [0.15, 0.2) is 53.9 Å². The second-order valence-electron chi connectivity index (χ2n) is 6.28. The molecule has 6 heteroatoms. The average Bonchev–Trinajstić information content (AvgIpc) is 2.64. The fourth-order valence-corrected chi connectivity index (χ4v) is 3.35. The molecule has 0 saturated carbocycles. The smallest absolute Gasteiger partial charge is 0.337 e. The molecule has 1 aliphatic rings. The zero-order valence-corrected chi connectivity index (χ0v) is 15.1. The zero-order valence-electron chi connectivity index (χ0n) is 15.1. The number of carboxylic acid groups (broad SMARTS) is 1. The van der Waals surface area contributed by atoms with Gasteiger partial charge in [0.1, 0.15) is 11.4 Å². The maximum absolute atomic E-state index is 13.6. The molecule has 0 aromatic heterocycles. The summed E-state index contributed by atoms with van der Waals surface area (Å²) < 4.78 is 19.4. The highest BCUT2D eigenvalue weighted by Gasteiger charge is 2.35. The van der Waals surface area contributed by atoms with Crippen molar-refractivity contribution in [3.8, 4) is 6.07 Å². The number of hydrogen-bond donors (Lipinski definition) is 1. The van der Waals surface area contributed by atoms with Crippen molar-refractivity contribution in [2.24, 2.45) is 0 Å². The minimum atomic E-state index is -1.06. The highest BCUT2D eigenvalue weighted by molar-refractivity contribution is 5.92. The van der Waals surface area contributed by atoms with E-state index in [2.05, 4.69) is 6.07 Å². The Morgan fingerprint density at radius 3 is 2.74 bits per heavy atom. The minimum Gasteiger partial charge on any atom is -0.479 e. The van der Waals surface area contributed by atoms with Crippen LogP contribution in [-0.2, 0) is 16.1 Å². The van der Waals surface area contributed by atoms with Crippen LogP contribution in [0.5, 0.6) is 0 Å². The van der Waals surface area contributed by atoms with Crippen molar-refractivity contribution < 1.29 is 19.0 Å². The van der Waals surface area contributed by atoms with Gasteiger partial charge in [-0.25, -0.2) is 9.18 Å². The summed E-state index contributed by atoms with van der Waals surface area (Å²) in [5.74, 6) is -1.62. The number of aliphatic carboxylic acids is 1. The van der Waals surface area contributed by atoms with Crippen LogP contribution in [0.2, 0.25) is 0 Å². The quantitative estimate of drug-likeness (QED) is 0.860. The van der Waals surface area contributed by atoms with E-state index in [-0.39, 0.29) is 30.4 Å². The van der Waals surface area contributed by atoms with E-state index in [1.165, 1.54) is 12.1 Å². The number of nitriles is 1. The summed E-state index contributed by atoms with van der Waals surface area (Å²) in [5.41, 5.74) is 2.75. The van der Waals surface area contributed by atoms with Crippen molar-refractivity contribution >= 4 is 11.7 Å². The Morgan fingerprint density at radius 2 is 2.11 bits per heavy atom. The summed E-state index contributed by atoms with van der Waals surface area (Å²) in [4.78, 5) is 13.7. The van der Waals surface area contributed by atoms with E-state index in [0.717, 1.165) is 5.56 Å². The number of nitrogens with zero attached hydrogens (tertiary/aromatic N) is 2. The van der Waals surface area contributed by atoms with E-state index < -0.39 is 11.9 Å². The van der Waals surface area contributed by atoms with E-state index >= 15 is 0 Å². The van der Waals surface area contributed by atoms with Crippen LogP contribution < -0.4 is 4.90 Å². The second-order valence-corrected chi connectivity index (χ2v) is 6.28. The predicted octanol–water partition coefficient (Wildman–Crippen LogP) is 4.15. The van der Waals surface area contributed by atoms with Crippen LogP contribution >= 0.6 is 0 Å². The predicted molar refractivity (Wildman–Crippen MR) is 98.4 cm³/mol. The number of benzene rings is 2. The third kappa shape index (κ3) is 3.49. The summed E-state index contributed by atoms with van der Waals surface area (Å²) in [6.45, 7) is 4.08. The number of rotatable bonds is 5. The summed E-state index contributed by atoms with van der Waals surface area (Å²) in [5, 5.41) is 19.1. The van der Waals surface area contributed by atoms with Crippen molar-refractivity contribution in [3.05, 3.63) is 76.4 Å².